The molecule has 0 aliphatic heterocycles. The van der Waals surface area contributed by atoms with E-state index in [1.54, 1.807) is 13.3 Å². The molecule has 1 heterocycles. The molecule has 1 unspecified atom stereocenters. The van der Waals surface area contributed by atoms with Gasteiger partial charge in [-0.25, -0.2) is 0 Å². The number of hydrogen-bond acceptors (Lipinski definition) is 3. The fraction of sp³-hybridized carbons (Fsp3) is 0.214. The Hall–Kier alpha value is -1.87. The average molecular weight is 228 g/mol. The van der Waals surface area contributed by atoms with E-state index in [1.165, 1.54) is 0 Å². The molecule has 1 atom stereocenters. The van der Waals surface area contributed by atoms with E-state index in [4.69, 9.17) is 10.5 Å². The molecule has 3 nitrogen and oxygen atoms in total. The first-order valence-corrected chi connectivity index (χ1v) is 5.52. The summed E-state index contributed by atoms with van der Waals surface area (Å²) in [4.78, 5) is 4.07. The zero-order chi connectivity index (χ0) is 12.3. The first-order valence-electron chi connectivity index (χ1n) is 5.52. The van der Waals surface area contributed by atoms with Crippen LogP contribution in [0.3, 0.4) is 0 Å². The van der Waals surface area contributed by atoms with Crippen molar-refractivity contribution in [2.75, 3.05) is 7.11 Å². The second-order valence-electron chi connectivity index (χ2n) is 3.99. The highest BCUT2D eigenvalue weighted by Gasteiger charge is 2.11. The quantitative estimate of drug-likeness (QED) is 0.877. The predicted octanol–water partition coefficient (Wildman–Crippen LogP) is 2.45. The Labute approximate surface area is 101 Å². The van der Waals surface area contributed by atoms with Crippen LogP contribution in [0.15, 0.2) is 42.7 Å². The molecule has 0 radical (unpaired) electrons. The minimum Gasteiger partial charge on any atom is -0.497 e. The van der Waals surface area contributed by atoms with Gasteiger partial charge in [0.25, 0.3) is 0 Å². The van der Waals surface area contributed by atoms with Gasteiger partial charge in [0.15, 0.2) is 0 Å². The summed E-state index contributed by atoms with van der Waals surface area (Å²) in [5.74, 6) is 0.824. The fourth-order valence-corrected chi connectivity index (χ4v) is 1.85. The number of benzene rings is 1. The van der Waals surface area contributed by atoms with Gasteiger partial charge >= 0.3 is 0 Å². The smallest absolute Gasteiger partial charge is 0.119 e. The topological polar surface area (TPSA) is 48.1 Å². The maximum atomic E-state index is 6.26. The van der Waals surface area contributed by atoms with Crippen molar-refractivity contribution in [2.24, 2.45) is 5.73 Å². The highest BCUT2D eigenvalue weighted by molar-refractivity contribution is 5.38. The average Bonchev–Trinajstić information content (AvgIpc) is 2.38. The predicted molar refractivity (Wildman–Crippen MR) is 68.0 cm³/mol. The van der Waals surface area contributed by atoms with Gasteiger partial charge in [-0.15, -0.1) is 0 Å². The molecule has 0 fully saturated rings. The van der Waals surface area contributed by atoms with Crippen LogP contribution in [-0.4, -0.2) is 12.1 Å². The Morgan fingerprint density at radius 3 is 2.82 bits per heavy atom. The summed E-state index contributed by atoms with van der Waals surface area (Å²) < 4.78 is 5.20. The van der Waals surface area contributed by atoms with Gasteiger partial charge in [0.1, 0.15) is 5.75 Å². The zero-order valence-corrected chi connectivity index (χ0v) is 10.1. The maximum absolute atomic E-state index is 6.26. The van der Waals surface area contributed by atoms with Crippen molar-refractivity contribution in [2.45, 2.75) is 13.0 Å². The first kappa shape index (κ1) is 11.6. The van der Waals surface area contributed by atoms with E-state index in [9.17, 15) is 0 Å². The van der Waals surface area contributed by atoms with Crippen LogP contribution in [-0.2, 0) is 0 Å². The van der Waals surface area contributed by atoms with Crippen LogP contribution in [0.1, 0.15) is 22.7 Å². The molecule has 0 aliphatic rings. The number of aryl methyl sites for hydroxylation is 1. The molecule has 0 amide bonds. The van der Waals surface area contributed by atoms with Crippen LogP contribution in [0.4, 0.5) is 0 Å². The molecule has 3 heteroatoms. The van der Waals surface area contributed by atoms with Gasteiger partial charge in [0, 0.05) is 12.4 Å². The number of methoxy groups -OCH3 is 1. The molecule has 0 spiro atoms. The Kier molecular flexibility index (Phi) is 3.40. The van der Waals surface area contributed by atoms with Crippen LogP contribution < -0.4 is 10.5 Å². The summed E-state index contributed by atoms with van der Waals surface area (Å²) in [5.41, 5.74) is 9.49. The monoisotopic (exact) mass is 228 g/mol. The number of nitrogens with zero attached hydrogens (tertiary/aromatic N) is 1. The van der Waals surface area contributed by atoms with E-state index >= 15 is 0 Å². The molecule has 17 heavy (non-hydrogen) atoms. The molecule has 0 saturated carbocycles. The third-order valence-corrected chi connectivity index (χ3v) is 2.85. The molecule has 2 rings (SSSR count). The van der Waals surface area contributed by atoms with Crippen molar-refractivity contribution >= 4 is 0 Å². The van der Waals surface area contributed by atoms with Gasteiger partial charge in [-0.05, 0) is 41.8 Å². The summed E-state index contributed by atoms with van der Waals surface area (Å²) in [5, 5.41) is 0. The van der Waals surface area contributed by atoms with Gasteiger partial charge in [0.2, 0.25) is 0 Å². The molecular weight excluding hydrogens is 212 g/mol. The number of rotatable bonds is 3. The third kappa shape index (κ3) is 2.45. The summed E-state index contributed by atoms with van der Waals surface area (Å²) >= 11 is 0. The molecule has 1 aromatic heterocycles. The lowest BCUT2D eigenvalue weighted by atomic mass is 9.97. The van der Waals surface area contributed by atoms with Gasteiger partial charge in [-0.2, -0.15) is 0 Å². The van der Waals surface area contributed by atoms with Crippen LogP contribution in [0.2, 0.25) is 0 Å². The van der Waals surface area contributed by atoms with Crippen LogP contribution in [0.25, 0.3) is 0 Å². The second-order valence-corrected chi connectivity index (χ2v) is 3.99. The Balaban J connectivity index is 2.37. The van der Waals surface area contributed by atoms with E-state index in [0.717, 1.165) is 22.4 Å². The van der Waals surface area contributed by atoms with Crippen molar-refractivity contribution in [3.05, 3.63) is 59.4 Å². The lowest BCUT2D eigenvalue weighted by Gasteiger charge is -2.15. The standard InChI is InChI=1S/C14H16N2O/c1-10-9-16-7-6-13(10)14(15)11-4-3-5-12(8-11)17-2/h3-9,14H,15H2,1-2H3. The number of ether oxygens (including phenoxy) is 1. The van der Waals surface area contributed by atoms with E-state index < -0.39 is 0 Å². The molecule has 0 aliphatic carbocycles. The van der Waals surface area contributed by atoms with Crippen molar-refractivity contribution in [1.82, 2.24) is 4.98 Å². The summed E-state index contributed by atoms with van der Waals surface area (Å²) in [6, 6.07) is 9.64. The minimum absolute atomic E-state index is 0.145. The summed E-state index contributed by atoms with van der Waals surface area (Å²) in [7, 11) is 1.66. The van der Waals surface area contributed by atoms with E-state index in [-0.39, 0.29) is 6.04 Å². The van der Waals surface area contributed by atoms with Crippen LogP contribution in [0.5, 0.6) is 5.75 Å². The molecule has 88 valence electrons. The molecule has 0 bridgehead atoms. The molecule has 0 saturated heterocycles. The van der Waals surface area contributed by atoms with Crippen molar-refractivity contribution in [3.8, 4) is 5.75 Å². The second kappa shape index (κ2) is 4.97. The first-order chi connectivity index (χ1) is 8.22. The number of hydrogen-bond donors (Lipinski definition) is 1. The van der Waals surface area contributed by atoms with Gasteiger partial charge in [-0.1, -0.05) is 12.1 Å². The van der Waals surface area contributed by atoms with Gasteiger partial charge < -0.3 is 10.5 Å². The Morgan fingerprint density at radius 1 is 1.29 bits per heavy atom. The van der Waals surface area contributed by atoms with Gasteiger partial charge in [0.05, 0.1) is 13.2 Å². The highest BCUT2D eigenvalue weighted by Crippen LogP contribution is 2.24. The Bertz CT molecular complexity index is 511. The number of aromatic nitrogens is 1. The minimum atomic E-state index is -0.145. The molecule has 1 aromatic carbocycles. The molecular formula is C14H16N2O. The maximum Gasteiger partial charge on any atom is 0.119 e. The van der Waals surface area contributed by atoms with E-state index in [1.807, 2.05) is 43.5 Å². The Morgan fingerprint density at radius 2 is 2.12 bits per heavy atom. The lowest BCUT2D eigenvalue weighted by molar-refractivity contribution is 0.414. The highest BCUT2D eigenvalue weighted by atomic mass is 16.5. The molecule has 2 aromatic rings. The zero-order valence-electron chi connectivity index (χ0n) is 10.1. The molecule has 2 N–H and O–H groups in total. The fourth-order valence-electron chi connectivity index (χ4n) is 1.85. The number of nitrogens with two attached hydrogens (primary N) is 1. The van der Waals surface area contributed by atoms with Crippen molar-refractivity contribution in [3.63, 3.8) is 0 Å². The van der Waals surface area contributed by atoms with E-state index in [0.29, 0.717) is 0 Å². The SMILES string of the molecule is COc1cccc(C(N)c2ccncc2C)c1. The van der Waals surface area contributed by atoms with Crippen molar-refractivity contribution < 1.29 is 4.74 Å². The van der Waals surface area contributed by atoms with Gasteiger partial charge in [-0.3, -0.25) is 4.98 Å². The summed E-state index contributed by atoms with van der Waals surface area (Å²) in [6.07, 6.45) is 3.59. The largest absolute Gasteiger partial charge is 0.497 e. The van der Waals surface area contributed by atoms with Crippen molar-refractivity contribution in [1.29, 1.82) is 0 Å². The third-order valence-electron chi connectivity index (χ3n) is 2.85. The normalized spacial score (nSPS) is 12.2. The lowest BCUT2D eigenvalue weighted by Crippen LogP contribution is -2.13. The number of pyridine rings is 1. The van der Waals surface area contributed by atoms with E-state index in [2.05, 4.69) is 4.98 Å². The van der Waals surface area contributed by atoms with Crippen LogP contribution >= 0.6 is 0 Å². The van der Waals surface area contributed by atoms with Crippen LogP contribution in [0, 0.1) is 6.92 Å². The summed E-state index contributed by atoms with van der Waals surface area (Å²) in [6.45, 7) is 2.02.